The first-order valence-corrected chi connectivity index (χ1v) is 9.60. The quantitative estimate of drug-likeness (QED) is 0.218. The van der Waals surface area contributed by atoms with Crippen LogP contribution in [-0.2, 0) is 4.79 Å². The van der Waals surface area contributed by atoms with Crippen LogP contribution in [-0.4, -0.2) is 13.4 Å². The number of hydrogen-bond donors (Lipinski definition) is 0. The maximum atomic E-state index is 10.9. The fourth-order valence-corrected chi connectivity index (χ4v) is 3.01. The van der Waals surface area contributed by atoms with Crippen molar-refractivity contribution in [3.8, 4) is 5.75 Å². The molecule has 2 nitrogen and oxygen atoms in total. The minimum Gasteiger partial charge on any atom is -0.497 e. The molecule has 1 rings (SSSR count). The van der Waals surface area contributed by atoms with Gasteiger partial charge in [-0.3, -0.25) is 4.79 Å². The summed E-state index contributed by atoms with van der Waals surface area (Å²) in [5.74, 6) is 0.850. The van der Waals surface area contributed by atoms with Gasteiger partial charge in [-0.1, -0.05) is 76.8 Å². The summed E-state index contributed by atoms with van der Waals surface area (Å²) in [4.78, 5) is 10.9. The van der Waals surface area contributed by atoms with Gasteiger partial charge in [0.25, 0.3) is 0 Å². The van der Waals surface area contributed by atoms with Crippen LogP contribution in [0.25, 0.3) is 5.57 Å². The Morgan fingerprint density at radius 3 is 1.92 bits per heavy atom. The van der Waals surface area contributed by atoms with Crippen molar-refractivity contribution in [2.24, 2.45) is 0 Å². The van der Waals surface area contributed by atoms with E-state index in [1.54, 1.807) is 13.2 Å². The van der Waals surface area contributed by atoms with Gasteiger partial charge >= 0.3 is 0 Å². The summed E-state index contributed by atoms with van der Waals surface area (Å²) in [6, 6.07) is 7.97. The fraction of sp³-hybridized carbons (Fsp3) is 0.591. The molecule has 0 aliphatic rings. The standard InChI is InChI=1S/C22H34O2/c1-3-4-5-6-7-8-9-10-11-12-13-20(18-19-23)21-14-16-22(24-2)17-15-21/h14-19H,3-13H2,1-2H3/b20-18-. The van der Waals surface area contributed by atoms with E-state index < -0.39 is 0 Å². The molecule has 0 spiro atoms. The van der Waals surface area contributed by atoms with Crippen molar-refractivity contribution in [3.05, 3.63) is 35.9 Å². The van der Waals surface area contributed by atoms with E-state index in [0.29, 0.717) is 0 Å². The van der Waals surface area contributed by atoms with Crippen LogP contribution in [0.5, 0.6) is 5.75 Å². The van der Waals surface area contributed by atoms with Crippen molar-refractivity contribution in [2.45, 2.75) is 77.6 Å². The predicted molar refractivity (Wildman–Crippen MR) is 103 cm³/mol. The molecule has 134 valence electrons. The van der Waals surface area contributed by atoms with E-state index in [1.807, 2.05) is 24.3 Å². The second-order valence-corrected chi connectivity index (χ2v) is 6.49. The molecule has 0 unspecified atom stereocenters. The van der Waals surface area contributed by atoms with Crippen LogP contribution >= 0.6 is 0 Å². The zero-order valence-corrected chi connectivity index (χ0v) is 15.6. The normalized spacial score (nSPS) is 11.5. The highest BCUT2D eigenvalue weighted by Crippen LogP contribution is 2.23. The van der Waals surface area contributed by atoms with Crippen LogP contribution < -0.4 is 4.74 Å². The number of aldehydes is 1. The van der Waals surface area contributed by atoms with Crippen molar-refractivity contribution >= 4 is 11.9 Å². The summed E-state index contributed by atoms with van der Waals surface area (Å²) in [6.07, 6.45) is 16.9. The van der Waals surface area contributed by atoms with E-state index in [1.165, 1.54) is 57.8 Å². The van der Waals surface area contributed by atoms with Crippen LogP contribution in [0.3, 0.4) is 0 Å². The molecule has 0 saturated carbocycles. The lowest BCUT2D eigenvalue weighted by Gasteiger charge is -2.08. The maximum Gasteiger partial charge on any atom is 0.143 e. The number of allylic oxidation sites excluding steroid dienone is 2. The molecule has 0 aromatic heterocycles. The third kappa shape index (κ3) is 8.90. The first-order valence-electron chi connectivity index (χ1n) is 9.60. The van der Waals surface area contributed by atoms with E-state index in [-0.39, 0.29) is 0 Å². The SMILES string of the molecule is CCCCCCCCCCCC/C(=C/C=O)c1ccc(OC)cc1. The Kier molecular flexibility index (Phi) is 11.8. The maximum absolute atomic E-state index is 10.9. The van der Waals surface area contributed by atoms with Crippen LogP contribution in [0.4, 0.5) is 0 Å². The molecule has 0 fully saturated rings. The Morgan fingerprint density at radius 1 is 0.875 bits per heavy atom. The van der Waals surface area contributed by atoms with Gasteiger partial charge in [0.15, 0.2) is 0 Å². The van der Waals surface area contributed by atoms with Crippen LogP contribution in [0, 0.1) is 0 Å². The molecule has 2 heteroatoms. The van der Waals surface area contributed by atoms with Gasteiger partial charge in [-0.05, 0) is 42.2 Å². The summed E-state index contributed by atoms with van der Waals surface area (Å²) >= 11 is 0. The average molecular weight is 331 g/mol. The molecule has 0 atom stereocenters. The van der Waals surface area contributed by atoms with Crippen molar-refractivity contribution in [1.82, 2.24) is 0 Å². The van der Waals surface area contributed by atoms with Crippen LogP contribution in [0.1, 0.15) is 83.1 Å². The van der Waals surface area contributed by atoms with E-state index >= 15 is 0 Å². The zero-order valence-electron chi connectivity index (χ0n) is 15.6. The van der Waals surface area contributed by atoms with Gasteiger partial charge in [0.05, 0.1) is 7.11 Å². The largest absolute Gasteiger partial charge is 0.497 e. The lowest BCUT2D eigenvalue weighted by molar-refractivity contribution is -0.104. The van der Waals surface area contributed by atoms with Gasteiger partial charge in [-0.2, -0.15) is 0 Å². The molecule has 0 aliphatic heterocycles. The molecule has 0 radical (unpaired) electrons. The molecule has 0 heterocycles. The van der Waals surface area contributed by atoms with Gasteiger partial charge in [0.2, 0.25) is 0 Å². The number of hydrogen-bond acceptors (Lipinski definition) is 2. The fourth-order valence-electron chi connectivity index (χ4n) is 3.01. The summed E-state index contributed by atoms with van der Waals surface area (Å²) < 4.78 is 5.19. The highest BCUT2D eigenvalue weighted by Gasteiger charge is 2.02. The third-order valence-corrected chi connectivity index (χ3v) is 4.53. The Balaban J connectivity index is 2.20. The number of benzene rings is 1. The molecule has 0 amide bonds. The summed E-state index contributed by atoms with van der Waals surface area (Å²) in [5.41, 5.74) is 2.26. The van der Waals surface area contributed by atoms with E-state index in [9.17, 15) is 4.79 Å². The highest BCUT2D eigenvalue weighted by atomic mass is 16.5. The Morgan fingerprint density at radius 2 is 1.42 bits per heavy atom. The van der Waals surface area contributed by atoms with Gasteiger partial charge in [0, 0.05) is 0 Å². The monoisotopic (exact) mass is 330 g/mol. The van der Waals surface area contributed by atoms with Gasteiger partial charge < -0.3 is 4.74 Å². The Hall–Kier alpha value is -1.57. The topological polar surface area (TPSA) is 26.3 Å². The first-order chi connectivity index (χ1) is 11.8. The molecule has 24 heavy (non-hydrogen) atoms. The highest BCUT2D eigenvalue weighted by molar-refractivity contribution is 5.81. The van der Waals surface area contributed by atoms with Gasteiger partial charge in [-0.15, -0.1) is 0 Å². The number of unbranched alkanes of at least 4 members (excludes halogenated alkanes) is 9. The first kappa shape index (κ1) is 20.5. The second-order valence-electron chi connectivity index (χ2n) is 6.49. The number of methoxy groups -OCH3 is 1. The zero-order chi connectivity index (χ0) is 17.5. The molecule has 0 bridgehead atoms. The Bertz CT molecular complexity index is 459. The number of carbonyl (C=O) groups excluding carboxylic acids is 1. The smallest absolute Gasteiger partial charge is 0.143 e. The van der Waals surface area contributed by atoms with E-state index in [2.05, 4.69) is 6.92 Å². The molecule has 1 aromatic carbocycles. The molecule has 1 aromatic rings. The number of carbonyl (C=O) groups is 1. The minimum absolute atomic E-state index is 0.850. The molecule has 0 aliphatic carbocycles. The van der Waals surface area contributed by atoms with E-state index in [4.69, 9.17) is 4.74 Å². The van der Waals surface area contributed by atoms with E-state index in [0.717, 1.165) is 36.0 Å². The summed E-state index contributed by atoms with van der Waals surface area (Å²) in [6.45, 7) is 2.26. The Labute approximate surface area is 148 Å². The van der Waals surface area contributed by atoms with Crippen molar-refractivity contribution in [2.75, 3.05) is 7.11 Å². The van der Waals surface area contributed by atoms with Crippen LogP contribution in [0.15, 0.2) is 30.3 Å². The number of ether oxygens (including phenoxy) is 1. The van der Waals surface area contributed by atoms with Gasteiger partial charge in [0.1, 0.15) is 12.0 Å². The molecular weight excluding hydrogens is 296 g/mol. The average Bonchev–Trinajstić information content (AvgIpc) is 2.62. The van der Waals surface area contributed by atoms with Gasteiger partial charge in [-0.25, -0.2) is 0 Å². The van der Waals surface area contributed by atoms with Crippen molar-refractivity contribution < 1.29 is 9.53 Å². The van der Waals surface area contributed by atoms with Crippen molar-refractivity contribution in [3.63, 3.8) is 0 Å². The number of rotatable bonds is 14. The summed E-state index contributed by atoms with van der Waals surface area (Å²) in [7, 11) is 1.67. The predicted octanol–water partition coefficient (Wildman–Crippen LogP) is 6.59. The minimum atomic E-state index is 0.850. The lowest BCUT2D eigenvalue weighted by atomic mass is 9.98. The summed E-state index contributed by atoms with van der Waals surface area (Å²) in [5, 5.41) is 0. The molecule has 0 saturated heterocycles. The second kappa shape index (κ2) is 13.8. The molecular formula is C22H34O2. The third-order valence-electron chi connectivity index (χ3n) is 4.53. The van der Waals surface area contributed by atoms with Crippen LogP contribution in [0.2, 0.25) is 0 Å². The van der Waals surface area contributed by atoms with Crippen molar-refractivity contribution in [1.29, 1.82) is 0 Å². The lowest BCUT2D eigenvalue weighted by Crippen LogP contribution is -1.89. The molecule has 0 N–H and O–H groups in total.